The lowest BCUT2D eigenvalue weighted by Crippen LogP contribution is -2.12. The van der Waals surface area contributed by atoms with Gasteiger partial charge in [-0.25, -0.2) is 9.97 Å². The van der Waals surface area contributed by atoms with Gasteiger partial charge in [-0.05, 0) is 55.3 Å². The third kappa shape index (κ3) is 3.28. The number of hydrogen-bond acceptors (Lipinski definition) is 4. The van der Waals surface area contributed by atoms with Crippen molar-refractivity contribution in [2.75, 3.05) is 5.32 Å². The maximum absolute atomic E-state index is 12.8. The van der Waals surface area contributed by atoms with E-state index < -0.39 is 0 Å². The molecule has 5 nitrogen and oxygen atoms in total. The van der Waals surface area contributed by atoms with E-state index in [1.165, 1.54) is 16.9 Å². The van der Waals surface area contributed by atoms with Gasteiger partial charge in [0.25, 0.3) is 5.91 Å². The van der Waals surface area contributed by atoms with E-state index in [4.69, 9.17) is 4.98 Å². The van der Waals surface area contributed by atoms with Crippen LogP contribution in [-0.4, -0.2) is 20.3 Å². The molecule has 0 atom stereocenters. The van der Waals surface area contributed by atoms with E-state index in [0.29, 0.717) is 5.01 Å². The Hall–Kier alpha value is -3.51. The van der Waals surface area contributed by atoms with Gasteiger partial charge in [-0.1, -0.05) is 24.3 Å². The molecule has 0 aliphatic heterocycles. The highest BCUT2D eigenvalue weighted by molar-refractivity contribution is 7.20. The summed E-state index contributed by atoms with van der Waals surface area (Å²) in [5.41, 5.74) is 6.49. The van der Waals surface area contributed by atoms with E-state index in [1.807, 2.05) is 72.2 Å². The summed E-state index contributed by atoms with van der Waals surface area (Å²) < 4.78 is 3.00. The van der Waals surface area contributed by atoms with E-state index >= 15 is 0 Å². The SMILES string of the molecule is Cc1ccn2cc(-c3ccc(C)c(NC(=O)c4nc5ccccc5s4)c3)nc2c1. The maximum atomic E-state index is 12.8. The molecular weight excluding hydrogens is 380 g/mol. The van der Waals surface area contributed by atoms with Crippen LogP contribution in [0.4, 0.5) is 5.69 Å². The Bertz CT molecular complexity index is 1350. The minimum absolute atomic E-state index is 0.197. The number of nitrogens with zero attached hydrogens (tertiary/aromatic N) is 3. The van der Waals surface area contributed by atoms with Gasteiger partial charge < -0.3 is 9.72 Å². The third-order valence-electron chi connectivity index (χ3n) is 4.89. The summed E-state index contributed by atoms with van der Waals surface area (Å²) in [7, 11) is 0. The van der Waals surface area contributed by atoms with Crippen molar-refractivity contribution in [1.29, 1.82) is 0 Å². The summed E-state index contributed by atoms with van der Waals surface area (Å²) in [6.45, 7) is 4.03. The number of aromatic nitrogens is 3. The Kier molecular flexibility index (Phi) is 4.14. The van der Waals surface area contributed by atoms with E-state index in [1.54, 1.807) is 0 Å². The first-order valence-electron chi connectivity index (χ1n) is 9.30. The van der Waals surface area contributed by atoms with E-state index in [-0.39, 0.29) is 5.91 Å². The van der Waals surface area contributed by atoms with Crippen molar-refractivity contribution in [2.45, 2.75) is 13.8 Å². The number of thiazole rings is 1. The second kappa shape index (κ2) is 6.83. The number of carbonyl (C=O) groups is 1. The molecule has 29 heavy (non-hydrogen) atoms. The van der Waals surface area contributed by atoms with Crippen LogP contribution in [0, 0.1) is 13.8 Å². The van der Waals surface area contributed by atoms with Gasteiger partial charge in [0, 0.05) is 23.6 Å². The zero-order valence-corrected chi connectivity index (χ0v) is 16.8. The van der Waals surface area contributed by atoms with Crippen LogP contribution in [0.1, 0.15) is 20.9 Å². The second-order valence-electron chi connectivity index (χ2n) is 7.07. The van der Waals surface area contributed by atoms with Gasteiger partial charge in [0.05, 0.1) is 15.9 Å². The van der Waals surface area contributed by atoms with Gasteiger partial charge in [0.15, 0.2) is 5.01 Å². The number of para-hydroxylation sites is 1. The number of imidazole rings is 1. The van der Waals surface area contributed by atoms with Gasteiger partial charge in [-0.2, -0.15) is 0 Å². The van der Waals surface area contributed by atoms with Crippen molar-refractivity contribution in [2.24, 2.45) is 0 Å². The smallest absolute Gasteiger partial charge is 0.284 e. The quantitative estimate of drug-likeness (QED) is 0.438. The van der Waals surface area contributed by atoms with Gasteiger partial charge in [0.2, 0.25) is 0 Å². The number of fused-ring (bicyclic) bond motifs is 2. The van der Waals surface area contributed by atoms with Crippen molar-refractivity contribution in [3.8, 4) is 11.3 Å². The van der Waals surface area contributed by atoms with Crippen molar-refractivity contribution in [1.82, 2.24) is 14.4 Å². The van der Waals surface area contributed by atoms with E-state index in [0.717, 1.165) is 38.4 Å². The third-order valence-corrected chi connectivity index (χ3v) is 5.92. The number of hydrogen-bond donors (Lipinski definition) is 1. The summed E-state index contributed by atoms with van der Waals surface area (Å²) in [6.07, 6.45) is 4.00. The number of aryl methyl sites for hydroxylation is 2. The first kappa shape index (κ1) is 17.6. The van der Waals surface area contributed by atoms with Crippen molar-refractivity contribution in [3.05, 3.63) is 83.1 Å². The lowest BCUT2D eigenvalue weighted by atomic mass is 10.1. The fourth-order valence-electron chi connectivity index (χ4n) is 3.28. The van der Waals surface area contributed by atoms with Crippen molar-refractivity contribution >= 4 is 38.8 Å². The Morgan fingerprint density at radius 1 is 1.03 bits per heavy atom. The molecule has 0 aliphatic rings. The van der Waals surface area contributed by atoms with Crippen LogP contribution >= 0.6 is 11.3 Å². The number of benzene rings is 2. The molecule has 0 spiro atoms. The van der Waals surface area contributed by atoms with Gasteiger partial charge in [-0.15, -0.1) is 11.3 Å². The van der Waals surface area contributed by atoms with Crippen LogP contribution < -0.4 is 5.32 Å². The van der Waals surface area contributed by atoms with Crippen LogP contribution in [0.2, 0.25) is 0 Å². The van der Waals surface area contributed by atoms with Crippen LogP contribution in [0.25, 0.3) is 27.1 Å². The standard InChI is InChI=1S/C23H18N4OS/c1-14-9-10-27-13-19(24-21(27)11-14)16-8-7-15(2)18(12-16)25-22(28)23-26-17-5-3-4-6-20(17)29-23/h3-13H,1-2H3,(H,25,28). The zero-order valence-electron chi connectivity index (χ0n) is 16.0. The number of rotatable bonds is 3. The lowest BCUT2D eigenvalue weighted by molar-refractivity contribution is 0.102. The van der Waals surface area contributed by atoms with Crippen LogP contribution in [0.15, 0.2) is 67.0 Å². The molecular formula is C23H18N4OS. The predicted octanol–water partition coefficient (Wildman–Crippen LogP) is 5.48. The molecule has 5 aromatic rings. The average Bonchev–Trinajstić information content (AvgIpc) is 3.33. The highest BCUT2D eigenvalue weighted by Gasteiger charge is 2.14. The molecule has 0 fully saturated rings. The molecule has 2 aromatic carbocycles. The predicted molar refractivity (Wildman–Crippen MR) is 118 cm³/mol. The van der Waals surface area contributed by atoms with Crippen molar-refractivity contribution < 1.29 is 4.79 Å². The van der Waals surface area contributed by atoms with Crippen LogP contribution in [0.3, 0.4) is 0 Å². The minimum atomic E-state index is -0.197. The Balaban J connectivity index is 1.47. The molecule has 6 heteroatoms. The van der Waals surface area contributed by atoms with Crippen molar-refractivity contribution in [3.63, 3.8) is 0 Å². The summed E-state index contributed by atoms with van der Waals surface area (Å²) in [5.74, 6) is -0.197. The molecule has 3 heterocycles. The molecule has 142 valence electrons. The molecule has 0 bridgehead atoms. The van der Waals surface area contributed by atoms with Gasteiger partial charge in [0.1, 0.15) is 5.65 Å². The normalized spacial score (nSPS) is 11.2. The number of amides is 1. The van der Waals surface area contributed by atoms with Crippen LogP contribution in [0.5, 0.6) is 0 Å². The average molecular weight is 398 g/mol. The zero-order chi connectivity index (χ0) is 20.0. The van der Waals surface area contributed by atoms with E-state index in [9.17, 15) is 4.79 Å². The fourth-order valence-corrected chi connectivity index (χ4v) is 4.14. The first-order chi connectivity index (χ1) is 14.1. The Morgan fingerprint density at radius 2 is 1.90 bits per heavy atom. The topological polar surface area (TPSA) is 59.3 Å². The highest BCUT2D eigenvalue weighted by atomic mass is 32.1. The Morgan fingerprint density at radius 3 is 2.76 bits per heavy atom. The lowest BCUT2D eigenvalue weighted by Gasteiger charge is -2.08. The summed E-state index contributed by atoms with van der Waals surface area (Å²) in [6, 6.07) is 17.9. The summed E-state index contributed by atoms with van der Waals surface area (Å²) >= 11 is 1.40. The Labute approximate surface area is 171 Å². The molecule has 0 saturated carbocycles. The summed E-state index contributed by atoms with van der Waals surface area (Å²) in [5, 5.41) is 3.47. The first-order valence-corrected chi connectivity index (χ1v) is 10.1. The monoisotopic (exact) mass is 398 g/mol. The molecule has 1 N–H and O–H groups in total. The van der Waals surface area contributed by atoms with Crippen LogP contribution in [-0.2, 0) is 0 Å². The minimum Gasteiger partial charge on any atom is -0.320 e. The number of carbonyl (C=O) groups excluding carboxylic acids is 1. The van der Waals surface area contributed by atoms with Gasteiger partial charge >= 0.3 is 0 Å². The summed E-state index contributed by atoms with van der Waals surface area (Å²) in [4.78, 5) is 21.9. The molecule has 0 saturated heterocycles. The largest absolute Gasteiger partial charge is 0.320 e. The second-order valence-corrected chi connectivity index (χ2v) is 8.10. The van der Waals surface area contributed by atoms with Gasteiger partial charge in [-0.3, -0.25) is 4.79 Å². The number of nitrogens with one attached hydrogen (secondary N) is 1. The number of anilines is 1. The highest BCUT2D eigenvalue weighted by Crippen LogP contribution is 2.27. The molecule has 5 rings (SSSR count). The molecule has 0 radical (unpaired) electrons. The number of pyridine rings is 1. The van der Waals surface area contributed by atoms with E-state index in [2.05, 4.69) is 23.3 Å². The molecule has 1 amide bonds. The molecule has 3 aromatic heterocycles. The fraction of sp³-hybridized carbons (Fsp3) is 0.0870. The molecule has 0 unspecified atom stereocenters. The maximum Gasteiger partial charge on any atom is 0.284 e. The molecule has 0 aliphatic carbocycles.